The van der Waals surface area contributed by atoms with E-state index in [2.05, 4.69) is 76.3 Å². The van der Waals surface area contributed by atoms with Crippen molar-refractivity contribution in [1.29, 1.82) is 0 Å². The minimum absolute atomic E-state index is 0. The van der Waals surface area contributed by atoms with Gasteiger partial charge in [-0.05, 0) is 61.4 Å². The Morgan fingerprint density at radius 1 is 0.902 bits per heavy atom. The highest BCUT2D eigenvalue weighted by molar-refractivity contribution is 6.09. The van der Waals surface area contributed by atoms with E-state index in [1.54, 1.807) is 12.1 Å². The Balaban J connectivity index is 0.00000231. The van der Waals surface area contributed by atoms with Crippen molar-refractivity contribution in [2.45, 2.75) is 64.5 Å². The molecule has 220 valence electrons. The molecule has 0 radical (unpaired) electrons. The van der Waals surface area contributed by atoms with E-state index in [4.69, 9.17) is 0 Å². The summed E-state index contributed by atoms with van der Waals surface area (Å²) in [6.07, 6.45) is 7.11. The van der Waals surface area contributed by atoms with E-state index < -0.39 is 0 Å². The second-order valence-electron chi connectivity index (χ2n) is 10.9. The molecule has 4 aromatic rings. The minimum atomic E-state index is -0.00774. The van der Waals surface area contributed by atoms with Gasteiger partial charge < -0.3 is 25.4 Å². The lowest BCUT2D eigenvalue weighted by atomic mass is 10.0. The molecule has 1 aliphatic heterocycles. The molecule has 0 spiro atoms. The first-order valence-electron chi connectivity index (χ1n) is 14.6. The average Bonchev–Trinajstić information content (AvgIpc) is 3.26. The van der Waals surface area contributed by atoms with Crippen LogP contribution in [0.25, 0.3) is 10.9 Å². The lowest BCUT2D eigenvalue weighted by Gasteiger charge is -2.32. The van der Waals surface area contributed by atoms with Crippen LogP contribution in [0.5, 0.6) is 5.75 Å². The second kappa shape index (κ2) is 15.6. The molecule has 2 heterocycles. The molecule has 1 fully saturated rings. The number of aromatic hydroxyl groups is 1. The monoisotopic (exact) mass is 577 g/mol. The fraction of sp³-hybridized carbons (Fsp3) is 0.382. The topological polar surface area (TPSA) is 89.0 Å². The number of halogens is 1. The molecule has 0 atom stereocenters. The third-order valence-corrected chi connectivity index (χ3v) is 8.06. The molecular formula is C34H44ClN3O3. The molecule has 0 saturated carbocycles. The standard InChI is InChI=1S/C34H41N3O2.ClH.H2O/c1-2-3-6-15-32-33(30-24-29(38)16-17-31(30)37(32)25-27-13-9-5-10-14-27)34(39)35-28-19-22-36(23-20-28)21-18-26-11-7-4-8-12-26;;/h4-5,7-14,16-17,24,28,38H,2-3,6,15,18-23,25H2,1H3,(H,35,39);1H;1H2. The Morgan fingerprint density at radius 3 is 2.22 bits per heavy atom. The van der Waals surface area contributed by atoms with Crippen LogP contribution in [0.4, 0.5) is 0 Å². The van der Waals surface area contributed by atoms with Crippen LogP contribution in [0.2, 0.25) is 0 Å². The van der Waals surface area contributed by atoms with Gasteiger partial charge in [-0.1, -0.05) is 80.4 Å². The molecule has 0 aliphatic carbocycles. The Labute approximate surface area is 250 Å². The smallest absolute Gasteiger partial charge is 0.253 e. The van der Waals surface area contributed by atoms with E-state index in [0.717, 1.165) is 86.7 Å². The van der Waals surface area contributed by atoms with Crippen molar-refractivity contribution in [1.82, 2.24) is 14.8 Å². The van der Waals surface area contributed by atoms with E-state index in [0.29, 0.717) is 6.54 Å². The van der Waals surface area contributed by atoms with Gasteiger partial charge >= 0.3 is 0 Å². The fourth-order valence-corrected chi connectivity index (χ4v) is 5.89. The first kappa shape index (κ1) is 32.2. The first-order valence-corrected chi connectivity index (χ1v) is 14.6. The van der Waals surface area contributed by atoms with Crippen LogP contribution in [-0.4, -0.2) is 51.6 Å². The number of nitrogens with one attached hydrogen (secondary N) is 1. The van der Waals surface area contributed by atoms with Crippen LogP contribution in [-0.2, 0) is 19.4 Å². The minimum Gasteiger partial charge on any atom is -0.508 e. The van der Waals surface area contributed by atoms with Gasteiger partial charge in [-0.25, -0.2) is 0 Å². The summed E-state index contributed by atoms with van der Waals surface area (Å²) in [7, 11) is 0. The van der Waals surface area contributed by atoms with Crippen LogP contribution in [0.15, 0.2) is 78.9 Å². The summed E-state index contributed by atoms with van der Waals surface area (Å²) < 4.78 is 2.29. The Hall–Kier alpha value is -3.32. The van der Waals surface area contributed by atoms with Crippen LogP contribution in [0.1, 0.15) is 66.2 Å². The SMILES string of the molecule is CCCCCc1c(C(=O)NC2CCN(CCc3ccccc3)CC2)c2cc(O)ccc2n1Cc1ccccc1.Cl.O. The number of aromatic nitrogens is 1. The number of amides is 1. The molecule has 7 heteroatoms. The zero-order valence-corrected chi connectivity index (χ0v) is 24.8. The van der Waals surface area contributed by atoms with Crippen molar-refractivity contribution in [3.8, 4) is 5.75 Å². The molecule has 1 saturated heterocycles. The number of piperidine rings is 1. The Kier molecular flexibility index (Phi) is 12.3. The summed E-state index contributed by atoms with van der Waals surface area (Å²) >= 11 is 0. The van der Waals surface area contributed by atoms with E-state index in [9.17, 15) is 9.90 Å². The van der Waals surface area contributed by atoms with Gasteiger partial charge in [0.15, 0.2) is 0 Å². The summed E-state index contributed by atoms with van der Waals surface area (Å²) in [6.45, 7) is 5.96. The van der Waals surface area contributed by atoms with E-state index in [1.165, 1.54) is 11.1 Å². The molecule has 3 aromatic carbocycles. The number of hydrogen-bond acceptors (Lipinski definition) is 3. The lowest BCUT2D eigenvalue weighted by Crippen LogP contribution is -2.45. The van der Waals surface area contributed by atoms with E-state index in [1.807, 2.05) is 12.1 Å². The quantitative estimate of drug-likeness (QED) is 0.209. The average molecular weight is 578 g/mol. The number of benzene rings is 3. The molecule has 0 unspecified atom stereocenters. The van der Waals surface area contributed by atoms with Crippen molar-refractivity contribution >= 4 is 29.2 Å². The van der Waals surface area contributed by atoms with Crippen molar-refractivity contribution in [2.24, 2.45) is 0 Å². The second-order valence-corrected chi connectivity index (χ2v) is 10.9. The van der Waals surface area contributed by atoms with Crippen LogP contribution in [0.3, 0.4) is 0 Å². The van der Waals surface area contributed by atoms with E-state index in [-0.39, 0.29) is 35.6 Å². The highest BCUT2D eigenvalue weighted by atomic mass is 35.5. The number of phenols is 1. The summed E-state index contributed by atoms with van der Waals surface area (Å²) in [5, 5.41) is 14.6. The van der Waals surface area contributed by atoms with Crippen LogP contribution >= 0.6 is 12.4 Å². The van der Waals surface area contributed by atoms with Gasteiger partial charge in [-0.3, -0.25) is 4.79 Å². The molecule has 1 aliphatic rings. The number of carbonyl (C=O) groups is 1. The molecule has 1 aromatic heterocycles. The molecule has 0 bridgehead atoms. The van der Waals surface area contributed by atoms with E-state index >= 15 is 0 Å². The summed E-state index contributed by atoms with van der Waals surface area (Å²) in [6, 6.07) is 26.7. The molecule has 41 heavy (non-hydrogen) atoms. The van der Waals surface area contributed by atoms with Gasteiger partial charge in [0.05, 0.1) is 5.56 Å². The predicted octanol–water partition coefficient (Wildman–Crippen LogP) is 6.16. The number of hydrogen-bond donors (Lipinski definition) is 2. The highest BCUT2D eigenvalue weighted by Gasteiger charge is 2.26. The number of unbranched alkanes of at least 4 members (excludes halogenated alkanes) is 2. The van der Waals surface area contributed by atoms with Crippen LogP contribution < -0.4 is 5.32 Å². The van der Waals surface area contributed by atoms with Gasteiger partial charge in [-0.15, -0.1) is 12.4 Å². The zero-order chi connectivity index (χ0) is 27.0. The number of phenolic OH excluding ortho intramolecular Hbond substituents is 1. The third-order valence-electron chi connectivity index (χ3n) is 8.06. The summed E-state index contributed by atoms with van der Waals surface area (Å²) in [4.78, 5) is 16.4. The van der Waals surface area contributed by atoms with Gasteiger partial charge in [0.2, 0.25) is 0 Å². The van der Waals surface area contributed by atoms with Crippen molar-refractivity contribution in [3.63, 3.8) is 0 Å². The molecule has 4 N–H and O–H groups in total. The Morgan fingerprint density at radius 2 is 1.56 bits per heavy atom. The number of likely N-dealkylation sites (tertiary alicyclic amines) is 1. The van der Waals surface area contributed by atoms with Crippen LogP contribution in [0, 0.1) is 0 Å². The maximum atomic E-state index is 13.9. The van der Waals surface area contributed by atoms with Crippen molar-refractivity contribution < 1.29 is 15.4 Å². The largest absolute Gasteiger partial charge is 0.508 e. The van der Waals surface area contributed by atoms with Gasteiger partial charge in [0.25, 0.3) is 5.91 Å². The number of rotatable bonds is 11. The zero-order valence-electron chi connectivity index (χ0n) is 24.0. The normalized spacial score (nSPS) is 13.9. The van der Waals surface area contributed by atoms with Gasteiger partial charge in [0, 0.05) is 48.8 Å². The molecular weight excluding hydrogens is 534 g/mol. The maximum absolute atomic E-state index is 13.9. The molecule has 5 rings (SSSR count). The Bertz CT molecular complexity index is 1370. The fourth-order valence-electron chi connectivity index (χ4n) is 5.89. The summed E-state index contributed by atoms with van der Waals surface area (Å²) in [5.41, 5.74) is 5.39. The van der Waals surface area contributed by atoms with Crippen molar-refractivity contribution in [3.05, 3.63) is 101 Å². The maximum Gasteiger partial charge on any atom is 0.253 e. The predicted molar refractivity (Wildman–Crippen MR) is 170 cm³/mol. The van der Waals surface area contributed by atoms with Crippen molar-refractivity contribution in [2.75, 3.05) is 19.6 Å². The number of nitrogens with zero attached hydrogens (tertiary/aromatic N) is 2. The van der Waals surface area contributed by atoms with Gasteiger partial charge in [0.1, 0.15) is 5.75 Å². The van der Waals surface area contributed by atoms with Gasteiger partial charge in [-0.2, -0.15) is 0 Å². The summed E-state index contributed by atoms with van der Waals surface area (Å²) in [5.74, 6) is 0.187. The highest BCUT2D eigenvalue weighted by Crippen LogP contribution is 2.32. The lowest BCUT2D eigenvalue weighted by molar-refractivity contribution is 0.0912. The molecule has 6 nitrogen and oxygen atoms in total. The first-order chi connectivity index (χ1) is 19.1. The third kappa shape index (κ3) is 8.13. The number of fused-ring (bicyclic) bond motifs is 1. The number of carbonyl (C=O) groups excluding carboxylic acids is 1. The molecule has 1 amide bonds.